The van der Waals surface area contributed by atoms with Crippen LogP contribution in [0.25, 0.3) is 0 Å². The van der Waals surface area contributed by atoms with Crippen LogP contribution in [0, 0.1) is 5.92 Å². The van der Waals surface area contributed by atoms with Gasteiger partial charge in [-0.15, -0.1) is 0 Å². The predicted molar refractivity (Wildman–Crippen MR) is 71.6 cm³/mol. The van der Waals surface area contributed by atoms with Gasteiger partial charge in [0.2, 0.25) is 0 Å². The molecule has 1 unspecified atom stereocenters. The molecule has 1 aliphatic heterocycles. The van der Waals surface area contributed by atoms with Crippen LogP contribution >= 0.6 is 22.6 Å². The number of nitrogens with zero attached hydrogens (tertiary/aromatic N) is 1. The van der Waals surface area contributed by atoms with Crippen molar-refractivity contribution >= 4 is 28.7 Å². The Morgan fingerprint density at radius 3 is 2.73 bits per heavy atom. The van der Waals surface area contributed by atoms with E-state index in [4.69, 9.17) is 4.74 Å². The number of likely N-dealkylation sites (tertiary alicyclic amines) is 1. The molecule has 0 N–H and O–H groups in total. The fraction of sp³-hybridized carbons (Fsp3) is 0.909. The molecule has 1 fully saturated rings. The molecular weight excluding hydrogens is 305 g/mol. The van der Waals surface area contributed by atoms with Crippen molar-refractivity contribution in [1.29, 1.82) is 0 Å². The molecule has 0 aromatic heterocycles. The normalized spacial score (nSPS) is 20.3. The van der Waals surface area contributed by atoms with E-state index in [9.17, 15) is 4.79 Å². The first kappa shape index (κ1) is 15.0. The summed E-state index contributed by atoms with van der Waals surface area (Å²) < 4.78 is 6.09. The molecule has 4 heteroatoms. The summed E-state index contributed by atoms with van der Waals surface area (Å²) in [7, 11) is 0. The number of alkyl halides is 1. The van der Waals surface area contributed by atoms with Gasteiger partial charge in [-0.3, -0.25) is 0 Å². The van der Waals surface area contributed by atoms with E-state index in [1.807, 2.05) is 25.7 Å². The zero-order chi connectivity index (χ0) is 11.7. The molecule has 0 bridgehead atoms. The van der Waals surface area contributed by atoms with Crippen LogP contribution < -0.4 is 0 Å². The predicted octanol–water partition coefficient (Wildman–Crippen LogP) is 3.32. The van der Waals surface area contributed by atoms with Crippen molar-refractivity contribution < 1.29 is 9.53 Å². The van der Waals surface area contributed by atoms with Crippen LogP contribution in [-0.4, -0.2) is 35.1 Å². The van der Waals surface area contributed by atoms with Gasteiger partial charge in [0.05, 0.1) is 6.61 Å². The van der Waals surface area contributed by atoms with Crippen molar-refractivity contribution in [1.82, 2.24) is 4.90 Å². The number of carbonyl (C=O) groups is 1. The van der Waals surface area contributed by atoms with Gasteiger partial charge in [0.1, 0.15) is 0 Å². The second kappa shape index (κ2) is 9.24. The van der Waals surface area contributed by atoms with Crippen LogP contribution in [0.2, 0.25) is 0 Å². The van der Waals surface area contributed by atoms with Gasteiger partial charge in [-0.05, 0) is 25.7 Å². The number of rotatable bonds is 2. The van der Waals surface area contributed by atoms with Gasteiger partial charge in [0.15, 0.2) is 0 Å². The molecule has 15 heavy (non-hydrogen) atoms. The van der Waals surface area contributed by atoms with E-state index >= 15 is 0 Å². The maximum Gasteiger partial charge on any atom is 0.409 e. The summed E-state index contributed by atoms with van der Waals surface area (Å²) in [5.41, 5.74) is 0. The van der Waals surface area contributed by atoms with Gasteiger partial charge in [0, 0.05) is 17.5 Å². The molecular formula is C11H22INO2. The zero-order valence-electron chi connectivity index (χ0n) is 9.96. The number of ether oxygens (including phenoxy) is 1. The SMILES string of the molecule is CC.CCOC(=O)N1CCCC(CI)C1. The molecule has 3 nitrogen and oxygen atoms in total. The lowest BCUT2D eigenvalue weighted by Gasteiger charge is -2.30. The van der Waals surface area contributed by atoms with Crippen LogP contribution in [0.5, 0.6) is 0 Å². The highest BCUT2D eigenvalue weighted by Gasteiger charge is 2.23. The van der Waals surface area contributed by atoms with Crippen LogP contribution in [0.15, 0.2) is 0 Å². The smallest absolute Gasteiger partial charge is 0.409 e. The average Bonchev–Trinajstić information content (AvgIpc) is 2.32. The summed E-state index contributed by atoms with van der Waals surface area (Å²) in [5.74, 6) is 0.666. The Morgan fingerprint density at radius 2 is 2.20 bits per heavy atom. The molecule has 1 heterocycles. The molecule has 1 atom stereocenters. The maximum atomic E-state index is 11.4. The van der Waals surface area contributed by atoms with Crippen molar-refractivity contribution in [3.63, 3.8) is 0 Å². The third kappa shape index (κ3) is 5.58. The Balaban J connectivity index is 0.000000921. The summed E-state index contributed by atoms with van der Waals surface area (Å²) >= 11 is 2.38. The third-order valence-electron chi connectivity index (χ3n) is 2.26. The molecule has 90 valence electrons. The van der Waals surface area contributed by atoms with Gasteiger partial charge in [0.25, 0.3) is 0 Å². The Labute approximate surface area is 107 Å². The van der Waals surface area contributed by atoms with E-state index in [1.54, 1.807) is 0 Å². The Kier molecular flexibility index (Phi) is 9.24. The Morgan fingerprint density at radius 1 is 1.53 bits per heavy atom. The van der Waals surface area contributed by atoms with E-state index in [-0.39, 0.29) is 6.09 Å². The Bertz CT molecular complexity index is 176. The van der Waals surface area contributed by atoms with Crippen LogP contribution in [0.4, 0.5) is 4.79 Å². The molecule has 0 radical (unpaired) electrons. The largest absolute Gasteiger partial charge is 0.450 e. The summed E-state index contributed by atoms with van der Waals surface area (Å²) in [5, 5.41) is 0. The molecule has 1 aliphatic rings. The van der Waals surface area contributed by atoms with Gasteiger partial charge >= 0.3 is 6.09 Å². The first-order valence-electron chi connectivity index (χ1n) is 5.75. The number of hydrogen-bond donors (Lipinski definition) is 0. The number of carbonyl (C=O) groups excluding carboxylic acids is 1. The highest BCUT2D eigenvalue weighted by atomic mass is 127. The van der Waals surface area contributed by atoms with Crippen LogP contribution in [0.1, 0.15) is 33.6 Å². The molecule has 1 saturated heterocycles. The standard InChI is InChI=1S/C9H16INO2.C2H6/c1-2-13-9(12)11-5-3-4-8(6-10)7-11;1-2/h8H,2-7H2,1H3;1-2H3. The van der Waals surface area contributed by atoms with Crippen LogP contribution in [0.3, 0.4) is 0 Å². The van der Waals surface area contributed by atoms with Gasteiger partial charge < -0.3 is 9.64 Å². The van der Waals surface area contributed by atoms with Crippen molar-refractivity contribution in [2.75, 3.05) is 24.1 Å². The minimum absolute atomic E-state index is 0.142. The first-order chi connectivity index (χ1) is 7.27. The third-order valence-corrected chi connectivity index (χ3v) is 3.51. The van der Waals surface area contributed by atoms with Crippen molar-refractivity contribution in [3.05, 3.63) is 0 Å². The maximum absolute atomic E-state index is 11.4. The monoisotopic (exact) mass is 327 g/mol. The lowest BCUT2D eigenvalue weighted by atomic mass is 10.0. The van der Waals surface area contributed by atoms with Crippen molar-refractivity contribution in [2.45, 2.75) is 33.6 Å². The van der Waals surface area contributed by atoms with E-state index in [1.165, 1.54) is 6.42 Å². The molecule has 0 aromatic carbocycles. The lowest BCUT2D eigenvalue weighted by molar-refractivity contribution is 0.0913. The number of piperidine rings is 1. The van der Waals surface area contributed by atoms with E-state index in [0.29, 0.717) is 12.5 Å². The fourth-order valence-corrected chi connectivity index (χ4v) is 2.29. The van der Waals surface area contributed by atoms with Gasteiger partial charge in [-0.25, -0.2) is 4.79 Å². The summed E-state index contributed by atoms with van der Waals surface area (Å²) in [6, 6.07) is 0. The number of halogens is 1. The summed E-state index contributed by atoms with van der Waals surface area (Å²) in [6.45, 7) is 8.07. The minimum Gasteiger partial charge on any atom is -0.450 e. The average molecular weight is 327 g/mol. The summed E-state index contributed by atoms with van der Waals surface area (Å²) in [6.07, 6.45) is 2.22. The topological polar surface area (TPSA) is 29.5 Å². The quantitative estimate of drug-likeness (QED) is 0.575. The molecule has 0 aromatic rings. The molecule has 1 amide bonds. The second-order valence-corrected chi connectivity index (χ2v) is 4.19. The van der Waals surface area contributed by atoms with Gasteiger partial charge in [-0.2, -0.15) is 0 Å². The minimum atomic E-state index is -0.142. The molecule has 0 spiro atoms. The van der Waals surface area contributed by atoms with Gasteiger partial charge in [-0.1, -0.05) is 36.4 Å². The van der Waals surface area contributed by atoms with E-state index < -0.39 is 0 Å². The summed E-state index contributed by atoms with van der Waals surface area (Å²) in [4.78, 5) is 13.2. The molecule has 1 rings (SSSR count). The van der Waals surface area contributed by atoms with E-state index in [2.05, 4.69) is 22.6 Å². The fourth-order valence-electron chi connectivity index (χ4n) is 1.57. The number of amides is 1. The zero-order valence-corrected chi connectivity index (χ0v) is 12.1. The second-order valence-electron chi connectivity index (χ2n) is 3.31. The number of hydrogen-bond acceptors (Lipinski definition) is 2. The van der Waals surface area contributed by atoms with Crippen molar-refractivity contribution in [3.8, 4) is 0 Å². The van der Waals surface area contributed by atoms with Crippen molar-refractivity contribution in [2.24, 2.45) is 5.92 Å². The van der Waals surface area contributed by atoms with E-state index in [0.717, 1.165) is 23.9 Å². The lowest BCUT2D eigenvalue weighted by Crippen LogP contribution is -2.40. The highest BCUT2D eigenvalue weighted by Crippen LogP contribution is 2.18. The molecule has 0 saturated carbocycles. The Hall–Kier alpha value is 0. The highest BCUT2D eigenvalue weighted by molar-refractivity contribution is 14.1. The first-order valence-corrected chi connectivity index (χ1v) is 7.28. The van der Waals surface area contributed by atoms with Crippen LogP contribution in [-0.2, 0) is 4.74 Å². The molecule has 0 aliphatic carbocycles.